The maximum atomic E-state index is 13.0. The molecule has 0 saturated heterocycles. The molecule has 2 N–H and O–H groups in total. The van der Waals surface area contributed by atoms with E-state index >= 15 is 0 Å². The number of aromatic nitrogens is 1. The number of amides is 1. The molecule has 1 heterocycles. The first-order valence-electron chi connectivity index (χ1n) is 10.3. The number of carbonyl (C=O) groups is 1. The van der Waals surface area contributed by atoms with Crippen molar-refractivity contribution < 1.29 is 9.53 Å². The number of para-hydroxylation sites is 2. The van der Waals surface area contributed by atoms with E-state index in [4.69, 9.17) is 21.9 Å². The Morgan fingerprint density at radius 1 is 0.939 bits per heavy atom. The first-order valence-corrected chi connectivity index (χ1v) is 11.5. The molecule has 0 unspecified atom stereocenters. The standard InChI is InChI=1S/C26H19N3O2S2/c1-31-22-15-17-9-3-2-8-16(17)14-19(22)24(30)29-26(32)28-20-11-5-4-10-18(20)25-27-21-12-6-7-13-23(21)33-25/h2-15H,1H3,(H2,28,29,30,32). The largest absolute Gasteiger partial charge is 0.496 e. The van der Waals surface area contributed by atoms with Gasteiger partial charge in [-0.25, -0.2) is 4.98 Å². The van der Waals surface area contributed by atoms with Crippen LogP contribution in [-0.4, -0.2) is 23.1 Å². The summed E-state index contributed by atoms with van der Waals surface area (Å²) >= 11 is 7.07. The van der Waals surface area contributed by atoms with E-state index in [2.05, 4.69) is 10.6 Å². The van der Waals surface area contributed by atoms with Gasteiger partial charge < -0.3 is 10.1 Å². The highest BCUT2D eigenvalue weighted by Crippen LogP contribution is 2.34. The molecule has 0 aliphatic heterocycles. The summed E-state index contributed by atoms with van der Waals surface area (Å²) in [5.41, 5.74) is 3.05. The zero-order chi connectivity index (χ0) is 22.8. The smallest absolute Gasteiger partial charge is 0.261 e. The molecule has 5 rings (SSSR count). The first kappa shape index (κ1) is 21.1. The lowest BCUT2D eigenvalue weighted by Crippen LogP contribution is -2.34. The number of benzene rings is 4. The topological polar surface area (TPSA) is 63.2 Å². The third kappa shape index (κ3) is 4.28. The van der Waals surface area contributed by atoms with Crippen LogP contribution < -0.4 is 15.4 Å². The van der Waals surface area contributed by atoms with Crippen molar-refractivity contribution in [1.29, 1.82) is 0 Å². The van der Waals surface area contributed by atoms with Gasteiger partial charge in [-0.1, -0.05) is 48.5 Å². The van der Waals surface area contributed by atoms with Gasteiger partial charge in [-0.2, -0.15) is 0 Å². The molecule has 0 saturated carbocycles. The van der Waals surface area contributed by atoms with E-state index in [0.717, 1.165) is 37.2 Å². The zero-order valence-electron chi connectivity index (χ0n) is 17.7. The van der Waals surface area contributed by atoms with E-state index in [0.29, 0.717) is 11.3 Å². The number of carbonyl (C=O) groups excluding carboxylic acids is 1. The minimum Gasteiger partial charge on any atom is -0.496 e. The fourth-order valence-electron chi connectivity index (χ4n) is 3.66. The van der Waals surface area contributed by atoms with Crippen molar-refractivity contribution in [3.05, 3.63) is 90.5 Å². The molecule has 0 bridgehead atoms. The summed E-state index contributed by atoms with van der Waals surface area (Å²) in [6, 6.07) is 27.2. The van der Waals surface area contributed by atoms with Crippen molar-refractivity contribution in [2.24, 2.45) is 0 Å². The number of thiocarbonyl (C=S) groups is 1. The third-order valence-corrected chi connectivity index (χ3v) is 6.51. The molecule has 0 aliphatic carbocycles. The number of fused-ring (bicyclic) bond motifs is 2. The molecular weight excluding hydrogens is 450 g/mol. The molecule has 4 aromatic carbocycles. The average Bonchev–Trinajstić information content (AvgIpc) is 3.27. The molecule has 33 heavy (non-hydrogen) atoms. The lowest BCUT2D eigenvalue weighted by Gasteiger charge is -2.14. The quantitative estimate of drug-likeness (QED) is 0.305. The van der Waals surface area contributed by atoms with Gasteiger partial charge in [0.15, 0.2) is 5.11 Å². The van der Waals surface area contributed by atoms with Crippen molar-refractivity contribution in [1.82, 2.24) is 10.3 Å². The average molecular weight is 470 g/mol. The number of nitrogens with zero attached hydrogens (tertiary/aromatic N) is 1. The fraction of sp³-hybridized carbons (Fsp3) is 0.0385. The van der Waals surface area contributed by atoms with Crippen LogP contribution in [0.5, 0.6) is 5.75 Å². The minimum absolute atomic E-state index is 0.198. The van der Waals surface area contributed by atoms with Crippen molar-refractivity contribution >= 4 is 61.3 Å². The number of thiazole rings is 1. The number of methoxy groups -OCH3 is 1. The van der Waals surface area contributed by atoms with Crippen LogP contribution in [0.4, 0.5) is 5.69 Å². The molecule has 5 aromatic rings. The second-order valence-corrected chi connectivity index (χ2v) is 8.78. The molecular formula is C26H19N3O2S2. The van der Waals surface area contributed by atoms with Gasteiger partial charge in [0.1, 0.15) is 10.8 Å². The summed E-state index contributed by atoms with van der Waals surface area (Å²) in [4.78, 5) is 17.8. The van der Waals surface area contributed by atoms with E-state index < -0.39 is 0 Å². The summed E-state index contributed by atoms with van der Waals surface area (Å²) in [7, 11) is 1.55. The van der Waals surface area contributed by atoms with Crippen molar-refractivity contribution in [2.75, 3.05) is 12.4 Å². The Labute approximate surface area is 200 Å². The fourth-order valence-corrected chi connectivity index (χ4v) is 4.86. The van der Waals surface area contributed by atoms with Crippen LogP contribution in [0.3, 0.4) is 0 Å². The van der Waals surface area contributed by atoms with Gasteiger partial charge in [0, 0.05) is 5.56 Å². The van der Waals surface area contributed by atoms with Crippen LogP contribution in [0.15, 0.2) is 84.9 Å². The molecule has 0 aliphatic rings. The van der Waals surface area contributed by atoms with Crippen LogP contribution in [0.2, 0.25) is 0 Å². The number of ether oxygens (including phenoxy) is 1. The van der Waals surface area contributed by atoms with E-state index in [9.17, 15) is 4.79 Å². The maximum Gasteiger partial charge on any atom is 0.261 e. The Morgan fingerprint density at radius 3 is 2.42 bits per heavy atom. The molecule has 0 atom stereocenters. The van der Waals surface area contributed by atoms with Crippen molar-refractivity contribution in [3.8, 4) is 16.3 Å². The summed E-state index contributed by atoms with van der Waals surface area (Å²) in [5.74, 6) is 0.149. The van der Waals surface area contributed by atoms with Crippen LogP contribution in [0.25, 0.3) is 31.6 Å². The number of nitrogens with one attached hydrogen (secondary N) is 2. The Hall–Kier alpha value is -3.81. The molecule has 1 aromatic heterocycles. The van der Waals surface area contributed by atoms with Gasteiger partial charge in [0.2, 0.25) is 0 Å². The van der Waals surface area contributed by atoms with Gasteiger partial charge in [0.05, 0.1) is 28.6 Å². The predicted octanol–water partition coefficient (Wildman–Crippen LogP) is 6.25. The summed E-state index contributed by atoms with van der Waals surface area (Å²) in [5, 5.41) is 8.95. The van der Waals surface area contributed by atoms with Crippen LogP contribution in [0.1, 0.15) is 10.4 Å². The summed E-state index contributed by atoms with van der Waals surface area (Å²) in [6.07, 6.45) is 0. The van der Waals surface area contributed by atoms with E-state index in [1.54, 1.807) is 24.5 Å². The Balaban J connectivity index is 1.39. The Morgan fingerprint density at radius 2 is 1.64 bits per heavy atom. The molecule has 0 fully saturated rings. The van der Waals surface area contributed by atoms with Gasteiger partial charge >= 0.3 is 0 Å². The molecule has 162 valence electrons. The van der Waals surface area contributed by atoms with Crippen LogP contribution >= 0.6 is 23.6 Å². The maximum absolute atomic E-state index is 13.0. The third-order valence-electron chi connectivity index (χ3n) is 5.24. The molecule has 0 spiro atoms. The molecule has 0 radical (unpaired) electrons. The van der Waals surface area contributed by atoms with E-state index in [-0.39, 0.29) is 11.0 Å². The SMILES string of the molecule is COc1cc2ccccc2cc1C(=O)NC(=S)Nc1ccccc1-c1nc2ccccc2s1. The highest BCUT2D eigenvalue weighted by atomic mass is 32.1. The molecule has 7 heteroatoms. The lowest BCUT2D eigenvalue weighted by molar-refractivity contribution is 0.0975. The Kier molecular flexibility index (Phi) is 5.73. The number of rotatable bonds is 4. The zero-order valence-corrected chi connectivity index (χ0v) is 19.3. The normalized spacial score (nSPS) is 10.8. The lowest BCUT2D eigenvalue weighted by atomic mass is 10.1. The molecule has 1 amide bonds. The van der Waals surface area contributed by atoms with Gasteiger partial charge in [-0.3, -0.25) is 10.1 Å². The van der Waals surface area contributed by atoms with Crippen LogP contribution in [-0.2, 0) is 0 Å². The minimum atomic E-state index is -0.340. The molecule has 5 nitrogen and oxygen atoms in total. The summed E-state index contributed by atoms with van der Waals surface area (Å²) in [6.45, 7) is 0. The monoisotopic (exact) mass is 469 g/mol. The number of hydrogen-bond acceptors (Lipinski definition) is 5. The second kappa shape index (κ2) is 8.97. The van der Waals surface area contributed by atoms with E-state index in [1.807, 2.05) is 78.9 Å². The summed E-state index contributed by atoms with van der Waals surface area (Å²) < 4.78 is 6.56. The number of anilines is 1. The van der Waals surface area contributed by atoms with Gasteiger partial charge in [-0.15, -0.1) is 11.3 Å². The highest BCUT2D eigenvalue weighted by Gasteiger charge is 2.16. The predicted molar refractivity (Wildman–Crippen MR) is 139 cm³/mol. The highest BCUT2D eigenvalue weighted by molar-refractivity contribution is 7.80. The van der Waals surface area contributed by atoms with Crippen LogP contribution in [0, 0.1) is 0 Å². The van der Waals surface area contributed by atoms with E-state index in [1.165, 1.54) is 0 Å². The Bertz CT molecular complexity index is 1480. The van der Waals surface area contributed by atoms with Gasteiger partial charge in [-0.05, 0) is 59.4 Å². The number of hydrogen-bond donors (Lipinski definition) is 2. The van der Waals surface area contributed by atoms with Crippen molar-refractivity contribution in [3.63, 3.8) is 0 Å². The second-order valence-electron chi connectivity index (χ2n) is 7.34. The first-order chi connectivity index (χ1) is 16.1. The van der Waals surface area contributed by atoms with Gasteiger partial charge in [0.25, 0.3) is 5.91 Å². The van der Waals surface area contributed by atoms with Crippen molar-refractivity contribution in [2.45, 2.75) is 0 Å².